The highest BCUT2D eigenvalue weighted by Crippen LogP contribution is 2.27. The molecular formula is C21H24N4O2. The van der Waals surface area contributed by atoms with Gasteiger partial charge < -0.3 is 9.64 Å². The number of methoxy groups -OCH3 is 1. The van der Waals surface area contributed by atoms with Crippen LogP contribution in [0.2, 0.25) is 0 Å². The third-order valence-corrected chi connectivity index (χ3v) is 5.21. The minimum atomic E-state index is 0.0760. The number of nitrogens with zero attached hydrogens (tertiary/aromatic N) is 4. The molecule has 0 N–H and O–H groups in total. The Morgan fingerprint density at radius 1 is 1.07 bits per heavy atom. The standard InChI is InChI=1S/C21H24N4O2/c1-24-20-18(14-22-24)17(21(26)25-11-5-3-4-6-12-25)13-19(23-20)15-7-9-16(27-2)10-8-15/h7-10,13-14H,3-6,11-12H2,1-2H3. The molecule has 1 saturated heterocycles. The predicted octanol–water partition coefficient (Wildman–Crippen LogP) is 3.66. The van der Waals surface area contributed by atoms with E-state index in [2.05, 4.69) is 5.10 Å². The fraction of sp³-hybridized carbons (Fsp3) is 0.381. The number of hydrogen-bond donors (Lipinski definition) is 0. The Bertz CT molecular complexity index is 954. The SMILES string of the molecule is COc1ccc(-c2cc(C(=O)N3CCCCCC3)c3cnn(C)c3n2)cc1. The first-order chi connectivity index (χ1) is 13.2. The quantitative estimate of drug-likeness (QED) is 0.712. The Kier molecular flexibility index (Phi) is 4.79. The summed E-state index contributed by atoms with van der Waals surface area (Å²) in [7, 11) is 3.50. The molecule has 0 unspecified atom stereocenters. The number of hydrogen-bond acceptors (Lipinski definition) is 4. The zero-order valence-corrected chi connectivity index (χ0v) is 15.8. The van der Waals surface area contributed by atoms with Gasteiger partial charge in [0.25, 0.3) is 5.91 Å². The normalized spacial score (nSPS) is 15.0. The van der Waals surface area contributed by atoms with Gasteiger partial charge in [-0.25, -0.2) is 4.98 Å². The van der Waals surface area contributed by atoms with Crippen LogP contribution in [0.25, 0.3) is 22.3 Å². The van der Waals surface area contributed by atoms with Gasteiger partial charge in [0.1, 0.15) is 5.75 Å². The molecule has 3 aromatic rings. The fourth-order valence-electron chi connectivity index (χ4n) is 3.65. The third-order valence-electron chi connectivity index (χ3n) is 5.21. The number of amides is 1. The maximum absolute atomic E-state index is 13.3. The summed E-state index contributed by atoms with van der Waals surface area (Å²) in [6, 6.07) is 9.63. The molecule has 0 saturated carbocycles. The predicted molar refractivity (Wildman–Crippen MR) is 105 cm³/mol. The fourth-order valence-corrected chi connectivity index (χ4v) is 3.65. The summed E-state index contributed by atoms with van der Waals surface area (Å²) in [5.41, 5.74) is 3.12. The van der Waals surface area contributed by atoms with Crippen molar-refractivity contribution in [2.75, 3.05) is 20.2 Å². The molecule has 1 amide bonds. The van der Waals surface area contributed by atoms with Crippen molar-refractivity contribution in [2.45, 2.75) is 25.7 Å². The van der Waals surface area contributed by atoms with E-state index in [0.717, 1.165) is 54.0 Å². The molecule has 27 heavy (non-hydrogen) atoms. The Labute approximate surface area is 158 Å². The number of fused-ring (bicyclic) bond motifs is 1. The lowest BCUT2D eigenvalue weighted by molar-refractivity contribution is 0.0763. The summed E-state index contributed by atoms with van der Waals surface area (Å²) < 4.78 is 6.96. The van der Waals surface area contributed by atoms with Crippen molar-refractivity contribution in [1.82, 2.24) is 19.7 Å². The van der Waals surface area contributed by atoms with Gasteiger partial charge in [0.2, 0.25) is 0 Å². The average Bonchev–Trinajstić information content (AvgIpc) is 2.91. The van der Waals surface area contributed by atoms with Crippen LogP contribution in [0.1, 0.15) is 36.0 Å². The second-order valence-electron chi connectivity index (χ2n) is 7.00. The monoisotopic (exact) mass is 364 g/mol. The first-order valence-electron chi connectivity index (χ1n) is 9.44. The molecule has 1 aliphatic rings. The topological polar surface area (TPSA) is 60.2 Å². The number of pyridine rings is 1. The summed E-state index contributed by atoms with van der Waals surface area (Å²) in [4.78, 5) is 20.0. The summed E-state index contributed by atoms with van der Waals surface area (Å²) in [5.74, 6) is 0.869. The van der Waals surface area contributed by atoms with Gasteiger partial charge in [-0.15, -0.1) is 0 Å². The van der Waals surface area contributed by atoms with E-state index >= 15 is 0 Å². The van der Waals surface area contributed by atoms with Crippen molar-refractivity contribution in [3.63, 3.8) is 0 Å². The van der Waals surface area contributed by atoms with Crippen molar-refractivity contribution in [3.8, 4) is 17.0 Å². The smallest absolute Gasteiger partial charge is 0.254 e. The summed E-state index contributed by atoms with van der Waals surface area (Å²) in [5, 5.41) is 5.14. The minimum Gasteiger partial charge on any atom is -0.497 e. The maximum atomic E-state index is 13.3. The van der Waals surface area contributed by atoms with Crippen molar-refractivity contribution in [1.29, 1.82) is 0 Å². The highest BCUT2D eigenvalue weighted by Gasteiger charge is 2.22. The maximum Gasteiger partial charge on any atom is 0.254 e. The molecule has 0 radical (unpaired) electrons. The van der Waals surface area contributed by atoms with E-state index in [0.29, 0.717) is 5.56 Å². The van der Waals surface area contributed by atoms with Gasteiger partial charge in [-0.1, -0.05) is 12.8 Å². The number of benzene rings is 1. The van der Waals surface area contributed by atoms with E-state index in [1.807, 2.05) is 42.3 Å². The Morgan fingerprint density at radius 2 is 1.78 bits per heavy atom. The van der Waals surface area contributed by atoms with E-state index < -0.39 is 0 Å². The molecule has 0 aliphatic carbocycles. The Morgan fingerprint density at radius 3 is 2.44 bits per heavy atom. The highest BCUT2D eigenvalue weighted by atomic mass is 16.5. The van der Waals surface area contributed by atoms with Crippen LogP contribution in [0.4, 0.5) is 0 Å². The molecule has 6 heteroatoms. The average molecular weight is 364 g/mol. The number of likely N-dealkylation sites (tertiary alicyclic amines) is 1. The molecule has 2 aromatic heterocycles. The van der Waals surface area contributed by atoms with Crippen LogP contribution in [0.15, 0.2) is 36.5 Å². The van der Waals surface area contributed by atoms with E-state index in [1.165, 1.54) is 12.8 Å². The van der Waals surface area contributed by atoms with Gasteiger partial charge in [0, 0.05) is 25.7 Å². The first kappa shape index (κ1) is 17.5. The molecule has 0 spiro atoms. The van der Waals surface area contributed by atoms with Crippen LogP contribution in [0.3, 0.4) is 0 Å². The van der Waals surface area contributed by atoms with Crippen molar-refractivity contribution < 1.29 is 9.53 Å². The van der Waals surface area contributed by atoms with E-state index in [4.69, 9.17) is 9.72 Å². The zero-order chi connectivity index (χ0) is 18.8. The minimum absolute atomic E-state index is 0.0760. The number of rotatable bonds is 3. The van der Waals surface area contributed by atoms with Crippen LogP contribution >= 0.6 is 0 Å². The van der Waals surface area contributed by atoms with Crippen LogP contribution in [0, 0.1) is 0 Å². The van der Waals surface area contributed by atoms with Crippen molar-refractivity contribution >= 4 is 16.9 Å². The molecule has 4 rings (SSSR count). The van der Waals surface area contributed by atoms with Gasteiger partial charge in [-0.05, 0) is 43.2 Å². The van der Waals surface area contributed by atoms with Crippen LogP contribution in [0.5, 0.6) is 5.75 Å². The Hall–Kier alpha value is -2.89. The van der Waals surface area contributed by atoms with Crippen LogP contribution in [-0.4, -0.2) is 45.8 Å². The van der Waals surface area contributed by atoms with Gasteiger partial charge in [-0.3, -0.25) is 9.48 Å². The number of aryl methyl sites for hydroxylation is 1. The van der Waals surface area contributed by atoms with Crippen LogP contribution in [-0.2, 0) is 7.05 Å². The lowest BCUT2D eigenvalue weighted by atomic mass is 10.1. The first-order valence-corrected chi connectivity index (χ1v) is 9.44. The summed E-state index contributed by atoms with van der Waals surface area (Å²) >= 11 is 0. The lowest BCUT2D eigenvalue weighted by Crippen LogP contribution is -2.32. The molecule has 6 nitrogen and oxygen atoms in total. The van der Waals surface area contributed by atoms with Crippen LogP contribution < -0.4 is 4.74 Å². The highest BCUT2D eigenvalue weighted by molar-refractivity contribution is 6.06. The lowest BCUT2D eigenvalue weighted by Gasteiger charge is -2.21. The van der Waals surface area contributed by atoms with Crippen molar-refractivity contribution in [3.05, 3.63) is 42.1 Å². The molecular weight excluding hydrogens is 340 g/mol. The number of ether oxygens (including phenoxy) is 1. The largest absolute Gasteiger partial charge is 0.497 e. The summed E-state index contributed by atoms with van der Waals surface area (Å²) in [6.45, 7) is 1.64. The molecule has 140 valence electrons. The molecule has 0 atom stereocenters. The van der Waals surface area contributed by atoms with Gasteiger partial charge >= 0.3 is 0 Å². The van der Waals surface area contributed by atoms with Crippen molar-refractivity contribution in [2.24, 2.45) is 7.05 Å². The molecule has 1 fully saturated rings. The number of carbonyl (C=O) groups is 1. The van der Waals surface area contributed by atoms with Gasteiger partial charge in [-0.2, -0.15) is 5.10 Å². The zero-order valence-electron chi connectivity index (χ0n) is 15.8. The Balaban J connectivity index is 1.79. The second-order valence-corrected chi connectivity index (χ2v) is 7.00. The third kappa shape index (κ3) is 3.39. The number of aromatic nitrogens is 3. The molecule has 1 aliphatic heterocycles. The van der Waals surface area contributed by atoms with Gasteiger partial charge in [0.05, 0.1) is 30.0 Å². The second kappa shape index (κ2) is 7.39. The van der Waals surface area contributed by atoms with E-state index in [-0.39, 0.29) is 5.91 Å². The van der Waals surface area contributed by atoms with E-state index in [1.54, 1.807) is 18.0 Å². The molecule has 3 heterocycles. The van der Waals surface area contributed by atoms with E-state index in [9.17, 15) is 4.79 Å². The molecule has 1 aromatic carbocycles. The molecule has 0 bridgehead atoms. The number of carbonyl (C=O) groups excluding carboxylic acids is 1. The summed E-state index contributed by atoms with van der Waals surface area (Å²) in [6.07, 6.45) is 6.26. The van der Waals surface area contributed by atoms with Gasteiger partial charge in [0.15, 0.2) is 5.65 Å².